The van der Waals surface area contributed by atoms with Crippen LogP contribution < -0.4 is 5.32 Å². The number of esters is 1. The smallest absolute Gasteiger partial charge is 0.338 e. The average molecular weight is 351 g/mol. The first kappa shape index (κ1) is 18.5. The molecule has 26 heavy (non-hydrogen) atoms. The van der Waals surface area contributed by atoms with E-state index in [1.165, 1.54) is 37.7 Å². The minimum atomic E-state index is -0.263. The van der Waals surface area contributed by atoms with E-state index in [2.05, 4.69) is 35.6 Å². The van der Waals surface area contributed by atoms with Crippen molar-refractivity contribution in [2.24, 2.45) is 5.92 Å². The normalized spacial score (nSPS) is 16.0. The van der Waals surface area contributed by atoms with Crippen molar-refractivity contribution in [3.63, 3.8) is 0 Å². The van der Waals surface area contributed by atoms with Crippen molar-refractivity contribution >= 4 is 11.7 Å². The van der Waals surface area contributed by atoms with E-state index in [0.717, 1.165) is 18.0 Å². The molecule has 138 valence electrons. The van der Waals surface area contributed by atoms with Gasteiger partial charge in [0, 0.05) is 5.69 Å². The summed E-state index contributed by atoms with van der Waals surface area (Å²) in [7, 11) is 0. The molecule has 1 aliphatic rings. The largest absolute Gasteiger partial charge is 0.462 e. The highest BCUT2D eigenvalue weighted by molar-refractivity contribution is 5.89. The van der Waals surface area contributed by atoms with Crippen molar-refractivity contribution in [1.29, 1.82) is 0 Å². The van der Waals surface area contributed by atoms with E-state index in [4.69, 9.17) is 4.74 Å². The summed E-state index contributed by atoms with van der Waals surface area (Å²) in [6.45, 7) is 2.22. The van der Waals surface area contributed by atoms with Gasteiger partial charge in [-0.05, 0) is 49.1 Å². The lowest BCUT2D eigenvalue weighted by Crippen LogP contribution is -2.17. The molecule has 0 aromatic heterocycles. The van der Waals surface area contributed by atoms with Crippen LogP contribution >= 0.6 is 0 Å². The second-order valence-corrected chi connectivity index (χ2v) is 7.15. The number of ether oxygens (including phenoxy) is 1. The van der Waals surface area contributed by atoms with Gasteiger partial charge in [0.05, 0.1) is 18.2 Å². The monoisotopic (exact) mass is 351 g/mol. The number of carbonyl (C=O) groups excluding carboxylic acids is 1. The third-order valence-corrected chi connectivity index (χ3v) is 5.23. The van der Waals surface area contributed by atoms with E-state index in [9.17, 15) is 4.79 Å². The topological polar surface area (TPSA) is 38.3 Å². The lowest BCUT2D eigenvalue weighted by Gasteiger charge is -2.28. The van der Waals surface area contributed by atoms with Gasteiger partial charge in [-0.3, -0.25) is 0 Å². The molecule has 1 fully saturated rings. The molecule has 3 nitrogen and oxygen atoms in total. The Morgan fingerprint density at radius 2 is 1.73 bits per heavy atom. The van der Waals surface area contributed by atoms with Gasteiger partial charge in [-0.15, -0.1) is 0 Å². The molecule has 0 heterocycles. The second-order valence-electron chi connectivity index (χ2n) is 7.15. The fraction of sp³-hybridized carbons (Fsp3) is 0.435. The first-order valence-corrected chi connectivity index (χ1v) is 9.85. The number of anilines is 1. The van der Waals surface area contributed by atoms with Crippen molar-refractivity contribution in [2.45, 2.75) is 51.5 Å². The minimum Gasteiger partial charge on any atom is -0.462 e. The third-order valence-electron chi connectivity index (χ3n) is 5.23. The molecule has 0 saturated heterocycles. The zero-order valence-corrected chi connectivity index (χ0v) is 15.6. The average Bonchev–Trinajstić information content (AvgIpc) is 2.70. The van der Waals surface area contributed by atoms with Crippen LogP contribution in [0.25, 0.3) is 0 Å². The van der Waals surface area contributed by atoms with Crippen LogP contribution in [0, 0.1) is 5.92 Å². The van der Waals surface area contributed by atoms with Gasteiger partial charge < -0.3 is 10.1 Å². The summed E-state index contributed by atoms with van der Waals surface area (Å²) in [5, 5.41) is 3.69. The van der Waals surface area contributed by atoms with Crippen molar-refractivity contribution < 1.29 is 9.53 Å². The summed E-state index contributed by atoms with van der Waals surface area (Å²) < 4.78 is 5.06. The molecule has 0 spiro atoms. The zero-order valence-electron chi connectivity index (χ0n) is 15.6. The Morgan fingerprint density at radius 1 is 1.04 bits per heavy atom. The van der Waals surface area contributed by atoms with Gasteiger partial charge in [-0.2, -0.15) is 0 Å². The maximum atomic E-state index is 11.8. The van der Waals surface area contributed by atoms with Gasteiger partial charge in [0.25, 0.3) is 0 Å². The predicted molar refractivity (Wildman–Crippen MR) is 106 cm³/mol. The summed E-state index contributed by atoms with van der Waals surface area (Å²) >= 11 is 0. The molecule has 0 aliphatic heterocycles. The number of rotatable bonds is 7. The number of hydrogen-bond donors (Lipinski definition) is 1. The molecule has 2 aromatic carbocycles. The summed E-state index contributed by atoms with van der Waals surface area (Å²) in [5.74, 6) is 0.529. The van der Waals surface area contributed by atoms with E-state index in [-0.39, 0.29) is 5.97 Å². The molecular weight excluding hydrogens is 322 g/mol. The molecule has 0 unspecified atom stereocenters. The maximum absolute atomic E-state index is 11.8. The standard InChI is InChI=1S/C23H29NO2/c1-2-26-23(25)20-13-15-21(16-14-20)24-22(19-11-7-4-8-12-19)17-18-9-5-3-6-10-18/h4,7-8,11-16,18,22,24H,2-3,5-6,9-10,17H2,1H3/t22-/m1/s1. The Bertz CT molecular complexity index is 675. The zero-order chi connectivity index (χ0) is 18.2. The Labute approximate surface area is 156 Å². The fourth-order valence-electron chi connectivity index (χ4n) is 3.84. The van der Waals surface area contributed by atoms with E-state index in [1.54, 1.807) is 0 Å². The lowest BCUT2D eigenvalue weighted by molar-refractivity contribution is 0.0526. The van der Waals surface area contributed by atoms with Crippen LogP contribution in [0.3, 0.4) is 0 Å². The van der Waals surface area contributed by atoms with E-state index >= 15 is 0 Å². The van der Waals surface area contributed by atoms with Crippen molar-refractivity contribution in [3.05, 3.63) is 65.7 Å². The SMILES string of the molecule is CCOC(=O)c1ccc(N[C@H](CC2CCCCC2)c2ccccc2)cc1. The molecule has 1 atom stereocenters. The van der Waals surface area contributed by atoms with Crippen LogP contribution in [0.1, 0.15) is 67.4 Å². The number of hydrogen-bond acceptors (Lipinski definition) is 3. The summed E-state index contributed by atoms with van der Waals surface area (Å²) in [4.78, 5) is 11.8. The lowest BCUT2D eigenvalue weighted by atomic mass is 9.83. The van der Waals surface area contributed by atoms with Crippen LogP contribution in [-0.2, 0) is 4.74 Å². The fourth-order valence-corrected chi connectivity index (χ4v) is 3.84. The maximum Gasteiger partial charge on any atom is 0.338 e. The molecular formula is C23H29NO2. The Morgan fingerprint density at radius 3 is 2.38 bits per heavy atom. The molecule has 1 saturated carbocycles. The van der Waals surface area contributed by atoms with Crippen LogP contribution in [0.5, 0.6) is 0 Å². The number of nitrogens with one attached hydrogen (secondary N) is 1. The van der Waals surface area contributed by atoms with Crippen LogP contribution in [0.2, 0.25) is 0 Å². The van der Waals surface area contributed by atoms with Crippen molar-refractivity contribution in [1.82, 2.24) is 0 Å². The third kappa shape index (κ3) is 5.10. The van der Waals surface area contributed by atoms with Gasteiger partial charge in [0.2, 0.25) is 0 Å². The molecule has 0 amide bonds. The van der Waals surface area contributed by atoms with Crippen LogP contribution in [0.15, 0.2) is 54.6 Å². The molecule has 3 rings (SSSR count). The molecule has 1 N–H and O–H groups in total. The summed E-state index contributed by atoms with van der Waals surface area (Å²) in [5.41, 5.74) is 2.97. The highest BCUT2D eigenvalue weighted by Gasteiger charge is 2.20. The highest BCUT2D eigenvalue weighted by atomic mass is 16.5. The first-order valence-electron chi connectivity index (χ1n) is 9.85. The second kappa shape index (κ2) is 9.42. The molecule has 3 heteroatoms. The van der Waals surface area contributed by atoms with Crippen LogP contribution in [0.4, 0.5) is 5.69 Å². The van der Waals surface area contributed by atoms with Gasteiger partial charge in [-0.25, -0.2) is 4.79 Å². The molecule has 1 aliphatic carbocycles. The Hall–Kier alpha value is -2.29. The van der Waals surface area contributed by atoms with E-state index in [1.807, 2.05) is 31.2 Å². The van der Waals surface area contributed by atoms with Gasteiger partial charge in [0.15, 0.2) is 0 Å². The molecule has 0 bridgehead atoms. The Balaban J connectivity index is 1.71. The quantitative estimate of drug-likeness (QED) is 0.623. The first-order chi connectivity index (χ1) is 12.8. The van der Waals surface area contributed by atoms with Gasteiger partial charge in [0.1, 0.15) is 0 Å². The highest BCUT2D eigenvalue weighted by Crippen LogP contribution is 2.33. The minimum absolute atomic E-state index is 0.263. The van der Waals surface area contributed by atoms with Gasteiger partial charge in [-0.1, -0.05) is 62.4 Å². The van der Waals surface area contributed by atoms with Crippen molar-refractivity contribution in [3.8, 4) is 0 Å². The Kier molecular flexibility index (Phi) is 6.70. The predicted octanol–water partition coefficient (Wildman–Crippen LogP) is 5.99. The molecule has 2 aromatic rings. The summed E-state index contributed by atoms with van der Waals surface area (Å²) in [6, 6.07) is 18.6. The van der Waals surface area contributed by atoms with Crippen LogP contribution in [-0.4, -0.2) is 12.6 Å². The van der Waals surface area contributed by atoms with E-state index < -0.39 is 0 Å². The van der Waals surface area contributed by atoms with Crippen molar-refractivity contribution in [2.75, 3.05) is 11.9 Å². The number of benzene rings is 2. The summed E-state index contributed by atoms with van der Waals surface area (Å²) in [6.07, 6.45) is 7.94. The van der Waals surface area contributed by atoms with E-state index in [0.29, 0.717) is 18.2 Å². The molecule has 0 radical (unpaired) electrons. The number of carbonyl (C=O) groups is 1. The van der Waals surface area contributed by atoms with Gasteiger partial charge >= 0.3 is 5.97 Å².